The molecule has 0 bridgehead atoms. The third kappa shape index (κ3) is 3.00. The summed E-state index contributed by atoms with van der Waals surface area (Å²) in [7, 11) is 1.70. The zero-order valence-electron chi connectivity index (χ0n) is 17.4. The maximum absolute atomic E-state index is 5.76. The normalized spacial score (nSPS) is 11.4. The molecule has 3 heterocycles. The lowest BCUT2D eigenvalue weighted by molar-refractivity contribution is 0.420. The molecule has 5 aromatic rings. The van der Waals surface area contributed by atoms with Gasteiger partial charge in [0, 0.05) is 34.0 Å². The Balaban J connectivity index is 1.92. The van der Waals surface area contributed by atoms with E-state index in [2.05, 4.69) is 46.5 Å². The van der Waals surface area contributed by atoms with Crippen LogP contribution in [-0.2, 0) is 13.1 Å². The van der Waals surface area contributed by atoms with Crippen molar-refractivity contribution in [3.63, 3.8) is 0 Å². The summed E-state index contributed by atoms with van der Waals surface area (Å²) in [6.07, 6.45) is 3.52. The van der Waals surface area contributed by atoms with E-state index in [4.69, 9.17) is 21.4 Å². The smallest absolute Gasteiger partial charge is 0.195 e. The van der Waals surface area contributed by atoms with Crippen molar-refractivity contribution in [3.05, 3.63) is 77.6 Å². The predicted molar refractivity (Wildman–Crippen MR) is 125 cm³/mol. The minimum absolute atomic E-state index is 0.564. The number of aromatic nitrogens is 4. The number of furan rings is 1. The number of allylic oxidation sites excluding steroid dienone is 1. The first kappa shape index (κ1) is 19.4. The van der Waals surface area contributed by atoms with Crippen LogP contribution in [0.3, 0.4) is 0 Å². The largest absolute Gasteiger partial charge is 0.496 e. The molecule has 156 valence electrons. The number of ether oxygens (including phenoxy) is 1. The van der Waals surface area contributed by atoms with E-state index in [1.54, 1.807) is 13.4 Å². The van der Waals surface area contributed by atoms with E-state index in [1.165, 1.54) is 0 Å². The molecule has 5 rings (SSSR count). The molecule has 1 N–H and O–H groups in total. The fraction of sp³-hybridized carbons (Fsp3) is 0.167. The molecule has 0 aliphatic rings. The highest BCUT2D eigenvalue weighted by Crippen LogP contribution is 2.41. The lowest BCUT2D eigenvalue weighted by atomic mass is 10.0. The van der Waals surface area contributed by atoms with E-state index >= 15 is 0 Å². The van der Waals surface area contributed by atoms with E-state index in [0.717, 1.165) is 50.3 Å². The van der Waals surface area contributed by atoms with Gasteiger partial charge in [0.25, 0.3) is 0 Å². The highest BCUT2D eigenvalue weighted by atomic mass is 32.1. The molecule has 7 heteroatoms. The molecule has 0 aliphatic heterocycles. The fourth-order valence-corrected chi connectivity index (χ4v) is 4.53. The van der Waals surface area contributed by atoms with Gasteiger partial charge in [0.2, 0.25) is 0 Å². The van der Waals surface area contributed by atoms with Crippen molar-refractivity contribution < 1.29 is 9.15 Å². The number of hydrogen-bond donors (Lipinski definition) is 1. The lowest BCUT2D eigenvalue weighted by Gasteiger charge is -2.11. The molecular formula is C24H22N4O2S. The van der Waals surface area contributed by atoms with Crippen LogP contribution in [-0.4, -0.2) is 26.4 Å². The van der Waals surface area contributed by atoms with Crippen LogP contribution in [0.5, 0.6) is 5.75 Å². The van der Waals surface area contributed by atoms with Crippen LogP contribution in [0.15, 0.2) is 65.8 Å². The number of methoxy groups -OCH3 is 1. The van der Waals surface area contributed by atoms with Crippen molar-refractivity contribution in [2.75, 3.05) is 7.11 Å². The molecule has 0 fully saturated rings. The molecule has 0 aliphatic carbocycles. The number of nitrogens with zero attached hydrogens (tertiary/aromatic N) is 3. The molecule has 3 aromatic heterocycles. The van der Waals surface area contributed by atoms with Crippen molar-refractivity contribution >= 4 is 33.9 Å². The van der Waals surface area contributed by atoms with Gasteiger partial charge in [-0.25, -0.2) is 0 Å². The molecule has 0 unspecified atom stereocenters. The van der Waals surface area contributed by atoms with Crippen LogP contribution in [0.4, 0.5) is 0 Å². The highest BCUT2D eigenvalue weighted by molar-refractivity contribution is 7.71. The molecule has 6 nitrogen and oxygen atoms in total. The van der Waals surface area contributed by atoms with E-state index in [9.17, 15) is 0 Å². The molecule has 0 amide bonds. The Kier molecular flexibility index (Phi) is 4.75. The number of hydrogen-bond acceptors (Lipinski definition) is 4. The number of aromatic amines is 1. The van der Waals surface area contributed by atoms with Gasteiger partial charge in [-0.05, 0) is 37.3 Å². The number of nitrogens with one attached hydrogen (secondary N) is 1. The number of benzene rings is 2. The molecule has 2 aromatic carbocycles. The summed E-state index contributed by atoms with van der Waals surface area (Å²) >= 11 is 5.48. The van der Waals surface area contributed by atoms with Gasteiger partial charge >= 0.3 is 0 Å². The second-order valence-electron chi connectivity index (χ2n) is 7.40. The van der Waals surface area contributed by atoms with Crippen molar-refractivity contribution in [2.24, 2.45) is 0 Å². The zero-order chi connectivity index (χ0) is 21.5. The quantitative estimate of drug-likeness (QED) is 0.271. The van der Waals surface area contributed by atoms with Gasteiger partial charge < -0.3 is 13.7 Å². The summed E-state index contributed by atoms with van der Waals surface area (Å²) in [5.41, 5.74) is 3.20. The monoisotopic (exact) mass is 430 g/mol. The first-order valence-corrected chi connectivity index (χ1v) is 10.4. The highest BCUT2D eigenvalue weighted by Gasteiger charge is 2.23. The van der Waals surface area contributed by atoms with Crippen LogP contribution in [0.2, 0.25) is 0 Å². The predicted octanol–water partition coefficient (Wildman–Crippen LogP) is 5.86. The average Bonchev–Trinajstić information content (AvgIpc) is 3.48. The van der Waals surface area contributed by atoms with Crippen molar-refractivity contribution in [1.29, 1.82) is 0 Å². The number of fused-ring (bicyclic) bond motifs is 3. The van der Waals surface area contributed by atoms with Crippen LogP contribution in [0.1, 0.15) is 11.5 Å². The molecule has 0 spiro atoms. The Labute approximate surface area is 184 Å². The molecule has 0 saturated carbocycles. The van der Waals surface area contributed by atoms with Gasteiger partial charge in [0.05, 0.1) is 25.4 Å². The maximum atomic E-state index is 5.76. The Hall–Kier alpha value is -3.58. The van der Waals surface area contributed by atoms with Crippen LogP contribution in [0, 0.1) is 11.7 Å². The van der Waals surface area contributed by atoms with Gasteiger partial charge in [0.1, 0.15) is 11.5 Å². The first-order valence-electron chi connectivity index (χ1n) is 10.0. The summed E-state index contributed by atoms with van der Waals surface area (Å²) in [6, 6.07) is 14.3. The van der Waals surface area contributed by atoms with E-state index in [0.29, 0.717) is 17.9 Å². The summed E-state index contributed by atoms with van der Waals surface area (Å²) in [6.45, 7) is 7.16. The van der Waals surface area contributed by atoms with Gasteiger partial charge in [0.15, 0.2) is 10.6 Å². The topological polar surface area (TPSA) is 60.9 Å². The molecular weight excluding hydrogens is 408 g/mol. The van der Waals surface area contributed by atoms with E-state index < -0.39 is 0 Å². The van der Waals surface area contributed by atoms with Crippen molar-refractivity contribution in [2.45, 2.75) is 20.0 Å². The standard InChI is InChI=1S/C24H22N4O2S/c1-4-11-27-23(25-26-24(27)31)21-15(2)28(14-16-8-7-12-30-16)22-18-10-6-5-9-17(18)20(29-3)13-19(21)22/h4-10,12-13H,1,11,14H2,2-3H3,(H,26,31). The van der Waals surface area contributed by atoms with Crippen LogP contribution >= 0.6 is 12.2 Å². The van der Waals surface area contributed by atoms with E-state index in [1.807, 2.05) is 34.9 Å². The number of rotatable bonds is 6. The third-order valence-electron chi connectivity index (χ3n) is 5.69. The summed E-state index contributed by atoms with van der Waals surface area (Å²) in [4.78, 5) is 0. The number of H-pyrrole nitrogens is 1. The lowest BCUT2D eigenvalue weighted by Crippen LogP contribution is -2.03. The zero-order valence-corrected chi connectivity index (χ0v) is 18.2. The first-order chi connectivity index (χ1) is 15.1. The summed E-state index contributed by atoms with van der Waals surface area (Å²) in [5, 5.41) is 10.8. The third-order valence-corrected chi connectivity index (χ3v) is 6.00. The SMILES string of the molecule is C=CCn1c(-c2c(C)n(Cc3ccco3)c3c2cc(OC)c2ccccc23)n[nH]c1=S. The molecule has 31 heavy (non-hydrogen) atoms. The average molecular weight is 431 g/mol. The van der Waals surface area contributed by atoms with Crippen molar-refractivity contribution in [3.8, 4) is 17.1 Å². The molecule has 0 saturated heterocycles. The Morgan fingerprint density at radius 2 is 1.97 bits per heavy atom. The summed E-state index contributed by atoms with van der Waals surface area (Å²) < 4.78 is 16.2. The van der Waals surface area contributed by atoms with Crippen LogP contribution in [0.25, 0.3) is 33.1 Å². The van der Waals surface area contributed by atoms with Gasteiger partial charge in [-0.2, -0.15) is 5.10 Å². The van der Waals surface area contributed by atoms with Crippen molar-refractivity contribution in [1.82, 2.24) is 19.3 Å². The second-order valence-corrected chi connectivity index (χ2v) is 7.78. The minimum atomic E-state index is 0.564. The van der Waals surface area contributed by atoms with Crippen LogP contribution < -0.4 is 4.74 Å². The fourth-order valence-electron chi connectivity index (χ4n) is 4.32. The molecule has 0 radical (unpaired) electrons. The van der Waals surface area contributed by atoms with Gasteiger partial charge in [-0.15, -0.1) is 6.58 Å². The van der Waals surface area contributed by atoms with Gasteiger partial charge in [-0.3, -0.25) is 9.67 Å². The minimum Gasteiger partial charge on any atom is -0.496 e. The Bertz CT molecular complexity index is 1470. The van der Waals surface area contributed by atoms with Gasteiger partial charge in [-0.1, -0.05) is 30.3 Å². The second kappa shape index (κ2) is 7.59. The Morgan fingerprint density at radius 3 is 2.68 bits per heavy atom. The van der Waals surface area contributed by atoms with E-state index in [-0.39, 0.29) is 0 Å². The summed E-state index contributed by atoms with van der Waals surface area (Å²) in [5.74, 6) is 2.49. The Morgan fingerprint density at radius 1 is 1.16 bits per heavy atom. The molecule has 0 atom stereocenters. The maximum Gasteiger partial charge on any atom is 0.195 e.